The summed E-state index contributed by atoms with van der Waals surface area (Å²) >= 11 is 1.41. The Morgan fingerprint density at radius 2 is 2.00 bits per heavy atom. The van der Waals surface area contributed by atoms with Crippen molar-refractivity contribution < 1.29 is 9.53 Å². The molecule has 0 spiro atoms. The number of benzene rings is 1. The number of morpholine rings is 1. The molecule has 0 aliphatic carbocycles. The van der Waals surface area contributed by atoms with Crippen LogP contribution in [-0.4, -0.2) is 47.9 Å². The molecular weight excluding hydrogens is 324 g/mol. The van der Waals surface area contributed by atoms with Gasteiger partial charge in [-0.3, -0.25) is 4.79 Å². The van der Waals surface area contributed by atoms with Gasteiger partial charge in [-0.1, -0.05) is 29.5 Å². The first-order chi connectivity index (χ1) is 11.7. The van der Waals surface area contributed by atoms with E-state index in [9.17, 15) is 4.79 Å². The summed E-state index contributed by atoms with van der Waals surface area (Å²) in [5.41, 5.74) is 1.97. The van der Waals surface area contributed by atoms with Gasteiger partial charge in [0, 0.05) is 24.8 Å². The maximum atomic E-state index is 12.1. The molecule has 1 saturated heterocycles. The highest BCUT2D eigenvalue weighted by molar-refractivity contribution is 7.99. The lowest BCUT2D eigenvalue weighted by Crippen LogP contribution is -2.36. The Balaban J connectivity index is 1.54. The number of hydrogen-bond donors (Lipinski definition) is 1. The Bertz CT molecular complexity index is 687. The van der Waals surface area contributed by atoms with Gasteiger partial charge in [0.2, 0.25) is 5.91 Å². The largest absolute Gasteiger partial charge is 0.378 e. The zero-order chi connectivity index (χ0) is 16.8. The summed E-state index contributed by atoms with van der Waals surface area (Å²) < 4.78 is 5.35. The first-order valence-electron chi connectivity index (χ1n) is 7.85. The van der Waals surface area contributed by atoms with E-state index in [1.165, 1.54) is 17.3 Å². The second-order valence-electron chi connectivity index (χ2n) is 5.52. The number of thioether (sulfide) groups is 1. The van der Waals surface area contributed by atoms with Gasteiger partial charge in [-0.25, -0.2) is 9.97 Å². The summed E-state index contributed by atoms with van der Waals surface area (Å²) in [6.07, 6.45) is 1.55. The normalized spacial score (nSPS) is 14.5. The molecule has 7 heteroatoms. The van der Waals surface area contributed by atoms with Crippen LogP contribution in [0.5, 0.6) is 0 Å². The number of nitrogens with one attached hydrogen (secondary N) is 1. The molecule has 0 radical (unpaired) electrons. The smallest absolute Gasteiger partial charge is 0.234 e. The number of aryl methyl sites for hydroxylation is 1. The van der Waals surface area contributed by atoms with Gasteiger partial charge < -0.3 is 15.0 Å². The van der Waals surface area contributed by atoms with Gasteiger partial charge >= 0.3 is 0 Å². The van der Waals surface area contributed by atoms with Crippen molar-refractivity contribution in [1.29, 1.82) is 0 Å². The minimum Gasteiger partial charge on any atom is -0.378 e. The van der Waals surface area contributed by atoms with Crippen molar-refractivity contribution in [3.05, 3.63) is 42.2 Å². The summed E-state index contributed by atoms with van der Waals surface area (Å²) in [6, 6.07) is 9.68. The molecule has 0 unspecified atom stereocenters. The molecule has 126 valence electrons. The summed E-state index contributed by atoms with van der Waals surface area (Å²) in [5.74, 6) is 1.15. The molecule has 1 aromatic heterocycles. The maximum Gasteiger partial charge on any atom is 0.234 e. The first-order valence-corrected chi connectivity index (χ1v) is 8.83. The van der Waals surface area contributed by atoms with Gasteiger partial charge in [-0.15, -0.1) is 0 Å². The maximum absolute atomic E-state index is 12.1. The fourth-order valence-electron chi connectivity index (χ4n) is 2.35. The van der Waals surface area contributed by atoms with Crippen molar-refractivity contribution in [1.82, 2.24) is 9.97 Å². The standard InChI is InChI=1S/C17H20N4O2S/c1-13-2-4-14(5-3-13)20-16(22)11-24-17-10-15(18-12-19-17)21-6-8-23-9-7-21/h2-5,10,12H,6-9,11H2,1H3,(H,20,22). The third kappa shape index (κ3) is 4.69. The SMILES string of the molecule is Cc1ccc(NC(=O)CSc2cc(N3CCOCC3)ncn2)cc1. The Kier molecular flexibility index (Phi) is 5.66. The van der Waals surface area contributed by atoms with E-state index in [2.05, 4.69) is 20.2 Å². The van der Waals surface area contributed by atoms with E-state index in [0.29, 0.717) is 19.0 Å². The summed E-state index contributed by atoms with van der Waals surface area (Å²) in [4.78, 5) is 22.8. The Hall–Kier alpha value is -2.12. The van der Waals surface area contributed by atoms with E-state index in [4.69, 9.17) is 4.74 Å². The van der Waals surface area contributed by atoms with Crippen LogP contribution in [0.1, 0.15) is 5.56 Å². The molecule has 0 bridgehead atoms. The van der Waals surface area contributed by atoms with E-state index in [1.807, 2.05) is 37.3 Å². The molecule has 1 aliphatic rings. The van der Waals surface area contributed by atoms with Gasteiger partial charge in [0.05, 0.1) is 19.0 Å². The number of hydrogen-bond acceptors (Lipinski definition) is 6. The number of carbonyl (C=O) groups excluding carboxylic acids is 1. The van der Waals surface area contributed by atoms with Gasteiger partial charge in [0.1, 0.15) is 17.2 Å². The van der Waals surface area contributed by atoms with E-state index in [-0.39, 0.29) is 5.91 Å². The van der Waals surface area contributed by atoms with Crippen molar-refractivity contribution in [3.8, 4) is 0 Å². The molecular formula is C17H20N4O2S. The molecule has 1 N–H and O–H groups in total. The third-order valence-corrected chi connectivity index (χ3v) is 4.57. The number of rotatable bonds is 5. The fourth-order valence-corrected chi connectivity index (χ4v) is 3.01. The van der Waals surface area contributed by atoms with E-state index < -0.39 is 0 Å². The number of nitrogens with zero attached hydrogens (tertiary/aromatic N) is 3. The highest BCUT2D eigenvalue weighted by Gasteiger charge is 2.13. The highest BCUT2D eigenvalue weighted by atomic mass is 32.2. The lowest BCUT2D eigenvalue weighted by atomic mass is 10.2. The fraction of sp³-hybridized carbons (Fsp3) is 0.353. The van der Waals surface area contributed by atoms with E-state index >= 15 is 0 Å². The molecule has 3 rings (SSSR count). The van der Waals surface area contributed by atoms with Crippen LogP contribution in [0.2, 0.25) is 0 Å². The van der Waals surface area contributed by atoms with E-state index in [1.54, 1.807) is 6.33 Å². The molecule has 2 heterocycles. The van der Waals surface area contributed by atoms with Crippen LogP contribution < -0.4 is 10.2 Å². The summed E-state index contributed by atoms with van der Waals surface area (Å²) in [6.45, 7) is 5.10. The zero-order valence-electron chi connectivity index (χ0n) is 13.6. The van der Waals surface area contributed by atoms with E-state index in [0.717, 1.165) is 29.6 Å². The first kappa shape index (κ1) is 16.7. The molecule has 1 fully saturated rings. The Morgan fingerprint density at radius 3 is 2.75 bits per heavy atom. The molecule has 1 amide bonds. The van der Waals surface area contributed by atoms with Crippen LogP contribution in [0.25, 0.3) is 0 Å². The predicted molar refractivity (Wildman–Crippen MR) is 95.6 cm³/mol. The summed E-state index contributed by atoms with van der Waals surface area (Å²) in [5, 5.41) is 3.68. The molecule has 2 aromatic rings. The molecule has 1 aromatic carbocycles. The summed E-state index contributed by atoms with van der Waals surface area (Å²) in [7, 11) is 0. The lowest BCUT2D eigenvalue weighted by Gasteiger charge is -2.27. The van der Waals surface area contributed by atoms with Crippen molar-refractivity contribution in [2.24, 2.45) is 0 Å². The topological polar surface area (TPSA) is 67.4 Å². The molecule has 1 aliphatic heterocycles. The van der Waals surface area contributed by atoms with Crippen molar-refractivity contribution in [2.45, 2.75) is 11.9 Å². The Labute approximate surface area is 145 Å². The van der Waals surface area contributed by atoms with Gasteiger partial charge in [-0.05, 0) is 19.1 Å². The number of aromatic nitrogens is 2. The van der Waals surface area contributed by atoms with Crippen LogP contribution in [0, 0.1) is 6.92 Å². The van der Waals surface area contributed by atoms with Gasteiger partial charge in [0.15, 0.2) is 0 Å². The van der Waals surface area contributed by atoms with Crippen molar-refractivity contribution in [3.63, 3.8) is 0 Å². The monoisotopic (exact) mass is 344 g/mol. The molecule has 6 nitrogen and oxygen atoms in total. The van der Waals surface area contributed by atoms with Crippen LogP contribution >= 0.6 is 11.8 Å². The minimum atomic E-state index is -0.0459. The van der Waals surface area contributed by atoms with Gasteiger partial charge in [0.25, 0.3) is 0 Å². The number of anilines is 2. The quantitative estimate of drug-likeness (QED) is 0.663. The van der Waals surface area contributed by atoms with Crippen LogP contribution in [0.4, 0.5) is 11.5 Å². The van der Waals surface area contributed by atoms with Crippen molar-refractivity contribution >= 4 is 29.2 Å². The molecule has 0 atom stereocenters. The van der Waals surface area contributed by atoms with Crippen LogP contribution in [-0.2, 0) is 9.53 Å². The zero-order valence-corrected chi connectivity index (χ0v) is 14.4. The second-order valence-corrected chi connectivity index (χ2v) is 6.51. The van der Waals surface area contributed by atoms with Crippen molar-refractivity contribution in [2.75, 3.05) is 42.3 Å². The van der Waals surface area contributed by atoms with Crippen LogP contribution in [0.15, 0.2) is 41.7 Å². The lowest BCUT2D eigenvalue weighted by molar-refractivity contribution is -0.113. The third-order valence-electron chi connectivity index (χ3n) is 3.65. The molecule has 24 heavy (non-hydrogen) atoms. The average molecular weight is 344 g/mol. The number of amides is 1. The predicted octanol–water partition coefficient (Wildman–Crippen LogP) is 2.35. The molecule has 0 saturated carbocycles. The average Bonchev–Trinajstić information content (AvgIpc) is 2.63. The second kappa shape index (κ2) is 8.12. The van der Waals surface area contributed by atoms with Gasteiger partial charge in [-0.2, -0.15) is 0 Å². The highest BCUT2D eigenvalue weighted by Crippen LogP contribution is 2.20. The minimum absolute atomic E-state index is 0.0459. The van der Waals surface area contributed by atoms with Crippen LogP contribution in [0.3, 0.4) is 0 Å². The Morgan fingerprint density at radius 1 is 1.25 bits per heavy atom. The number of ether oxygens (including phenoxy) is 1. The number of carbonyl (C=O) groups is 1.